The van der Waals surface area contributed by atoms with Crippen LogP contribution in [-0.2, 0) is 4.79 Å². The molecule has 1 spiro atoms. The van der Waals surface area contributed by atoms with E-state index < -0.39 is 5.54 Å². The standard InChI is InChI=1S/C24H28FN3O2/c1-5-30-17-6-7-19(25)18(14-17)16-12-21(15(2)3)26-22(13-16)20-8-9-24(27-20)10-11-28(4)23(24)29/h6-7,12-15H,5,8-11H2,1-4H3/t24-/m1/s1. The van der Waals surface area contributed by atoms with Gasteiger partial charge in [0.15, 0.2) is 0 Å². The van der Waals surface area contributed by atoms with Gasteiger partial charge in [0.2, 0.25) is 5.91 Å². The van der Waals surface area contributed by atoms with Gasteiger partial charge in [-0.1, -0.05) is 13.8 Å². The van der Waals surface area contributed by atoms with Crippen LogP contribution in [-0.4, -0.2) is 47.2 Å². The molecular weight excluding hydrogens is 381 g/mol. The van der Waals surface area contributed by atoms with Crippen LogP contribution in [0.2, 0.25) is 0 Å². The lowest BCUT2D eigenvalue weighted by Crippen LogP contribution is -2.35. The van der Waals surface area contributed by atoms with Gasteiger partial charge in [-0.25, -0.2) is 4.39 Å². The Morgan fingerprint density at radius 2 is 2.03 bits per heavy atom. The lowest BCUT2D eigenvalue weighted by atomic mass is 9.94. The van der Waals surface area contributed by atoms with Crippen molar-refractivity contribution in [3.63, 3.8) is 0 Å². The van der Waals surface area contributed by atoms with E-state index >= 15 is 0 Å². The summed E-state index contributed by atoms with van der Waals surface area (Å²) in [6.07, 6.45) is 2.16. The second-order valence-corrected chi connectivity index (χ2v) is 8.46. The summed E-state index contributed by atoms with van der Waals surface area (Å²) in [7, 11) is 1.83. The Kier molecular flexibility index (Phi) is 5.35. The van der Waals surface area contributed by atoms with E-state index in [2.05, 4.69) is 13.8 Å². The van der Waals surface area contributed by atoms with E-state index in [4.69, 9.17) is 14.7 Å². The van der Waals surface area contributed by atoms with Gasteiger partial charge in [0.25, 0.3) is 0 Å². The third kappa shape index (κ3) is 3.59. The lowest BCUT2D eigenvalue weighted by molar-refractivity contribution is -0.130. The van der Waals surface area contributed by atoms with Crippen molar-refractivity contribution in [3.05, 3.63) is 47.5 Å². The monoisotopic (exact) mass is 409 g/mol. The van der Waals surface area contributed by atoms with Gasteiger partial charge in [-0.3, -0.25) is 14.8 Å². The van der Waals surface area contributed by atoms with Crippen molar-refractivity contribution >= 4 is 11.6 Å². The number of amides is 1. The fourth-order valence-electron chi connectivity index (χ4n) is 4.27. The number of pyridine rings is 1. The van der Waals surface area contributed by atoms with Crippen molar-refractivity contribution in [2.75, 3.05) is 20.2 Å². The summed E-state index contributed by atoms with van der Waals surface area (Å²) in [5.41, 5.74) is 3.04. The van der Waals surface area contributed by atoms with Crippen LogP contribution in [0.5, 0.6) is 5.75 Å². The molecule has 2 aliphatic heterocycles. The molecule has 0 N–H and O–H groups in total. The molecule has 1 amide bonds. The maximum Gasteiger partial charge on any atom is 0.250 e. The molecule has 3 heterocycles. The minimum atomic E-state index is -0.639. The van der Waals surface area contributed by atoms with Gasteiger partial charge in [0.1, 0.15) is 17.1 Å². The van der Waals surface area contributed by atoms with Gasteiger partial charge in [-0.05, 0) is 68.0 Å². The van der Waals surface area contributed by atoms with Crippen molar-refractivity contribution in [2.45, 2.75) is 51.5 Å². The summed E-state index contributed by atoms with van der Waals surface area (Å²) in [6.45, 7) is 7.29. The highest BCUT2D eigenvalue weighted by molar-refractivity contribution is 6.05. The molecule has 4 rings (SSSR count). The molecule has 2 aromatic rings. The molecule has 1 aromatic heterocycles. The van der Waals surface area contributed by atoms with Gasteiger partial charge >= 0.3 is 0 Å². The van der Waals surface area contributed by atoms with E-state index in [1.807, 2.05) is 26.1 Å². The number of hydrogen-bond donors (Lipinski definition) is 0. The lowest BCUT2D eigenvalue weighted by Gasteiger charge is -2.17. The fraction of sp³-hybridized carbons (Fsp3) is 0.458. The van der Waals surface area contributed by atoms with Crippen LogP contribution in [0.3, 0.4) is 0 Å². The van der Waals surface area contributed by atoms with E-state index in [1.54, 1.807) is 17.0 Å². The molecular formula is C24H28FN3O2. The number of rotatable bonds is 5. The normalized spacial score (nSPS) is 21.1. The largest absolute Gasteiger partial charge is 0.494 e. The summed E-state index contributed by atoms with van der Waals surface area (Å²) < 4.78 is 20.3. The van der Waals surface area contributed by atoms with E-state index in [-0.39, 0.29) is 17.6 Å². The van der Waals surface area contributed by atoms with Gasteiger partial charge in [0.05, 0.1) is 18.0 Å². The van der Waals surface area contributed by atoms with E-state index in [0.717, 1.165) is 35.6 Å². The molecule has 1 aromatic carbocycles. The summed E-state index contributed by atoms with van der Waals surface area (Å²) in [5.74, 6) is 0.600. The number of benzene rings is 1. The zero-order chi connectivity index (χ0) is 21.5. The van der Waals surface area contributed by atoms with Crippen LogP contribution in [0, 0.1) is 5.82 Å². The number of nitrogens with zero attached hydrogens (tertiary/aromatic N) is 3. The predicted molar refractivity (Wildman–Crippen MR) is 116 cm³/mol. The maximum absolute atomic E-state index is 14.7. The van der Waals surface area contributed by atoms with E-state index in [9.17, 15) is 9.18 Å². The number of likely N-dealkylation sites (tertiary alicyclic amines) is 1. The summed E-state index contributed by atoms with van der Waals surface area (Å²) in [5, 5.41) is 0. The Morgan fingerprint density at radius 1 is 1.23 bits per heavy atom. The zero-order valence-electron chi connectivity index (χ0n) is 18.0. The fourth-order valence-corrected chi connectivity index (χ4v) is 4.27. The number of carbonyl (C=O) groups is 1. The Morgan fingerprint density at radius 3 is 2.70 bits per heavy atom. The van der Waals surface area contributed by atoms with Crippen LogP contribution in [0.1, 0.15) is 57.3 Å². The third-order valence-corrected chi connectivity index (χ3v) is 6.02. The van der Waals surface area contributed by atoms with Crippen molar-refractivity contribution in [2.24, 2.45) is 4.99 Å². The van der Waals surface area contributed by atoms with Crippen molar-refractivity contribution < 1.29 is 13.9 Å². The van der Waals surface area contributed by atoms with Gasteiger partial charge in [-0.15, -0.1) is 0 Å². The SMILES string of the molecule is CCOc1ccc(F)c(-c2cc(C3=N[C@]4(CC3)CCN(C)C4=O)nc(C(C)C)c2)c1. The first-order valence-corrected chi connectivity index (χ1v) is 10.6. The second kappa shape index (κ2) is 7.82. The average molecular weight is 410 g/mol. The molecule has 2 aliphatic rings. The Labute approximate surface area is 177 Å². The molecule has 30 heavy (non-hydrogen) atoms. The average Bonchev–Trinajstić information content (AvgIpc) is 3.29. The van der Waals surface area contributed by atoms with Crippen LogP contribution >= 0.6 is 0 Å². The summed E-state index contributed by atoms with van der Waals surface area (Å²) in [6, 6.07) is 8.63. The maximum atomic E-state index is 14.7. The molecule has 1 saturated heterocycles. The molecule has 5 nitrogen and oxygen atoms in total. The molecule has 1 fully saturated rings. The Hall–Kier alpha value is -2.76. The van der Waals surface area contributed by atoms with E-state index in [1.165, 1.54) is 6.07 Å². The smallest absolute Gasteiger partial charge is 0.250 e. The molecule has 1 atom stereocenters. The first-order chi connectivity index (χ1) is 14.3. The Bertz CT molecular complexity index is 1020. The molecule has 6 heteroatoms. The minimum absolute atomic E-state index is 0.0909. The van der Waals surface area contributed by atoms with Gasteiger partial charge in [-0.2, -0.15) is 0 Å². The minimum Gasteiger partial charge on any atom is -0.494 e. The highest BCUT2D eigenvalue weighted by Crippen LogP contribution is 2.38. The number of ether oxygens (including phenoxy) is 1. The third-order valence-electron chi connectivity index (χ3n) is 6.02. The van der Waals surface area contributed by atoms with Gasteiger partial charge < -0.3 is 9.64 Å². The number of aromatic nitrogens is 1. The van der Waals surface area contributed by atoms with Crippen molar-refractivity contribution in [3.8, 4) is 16.9 Å². The van der Waals surface area contributed by atoms with Crippen LogP contribution in [0.15, 0.2) is 35.3 Å². The molecule has 0 bridgehead atoms. The van der Waals surface area contributed by atoms with Crippen molar-refractivity contribution in [1.29, 1.82) is 0 Å². The molecule has 158 valence electrons. The first-order valence-electron chi connectivity index (χ1n) is 10.6. The molecule has 0 radical (unpaired) electrons. The number of carbonyl (C=O) groups excluding carboxylic acids is 1. The number of likely N-dealkylation sites (N-methyl/N-ethyl adjacent to an activating group) is 1. The second-order valence-electron chi connectivity index (χ2n) is 8.46. The van der Waals surface area contributed by atoms with Crippen LogP contribution < -0.4 is 4.74 Å². The topological polar surface area (TPSA) is 54.8 Å². The zero-order valence-corrected chi connectivity index (χ0v) is 18.0. The summed E-state index contributed by atoms with van der Waals surface area (Å²) >= 11 is 0. The van der Waals surface area contributed by atoms with Crippen LogP contribution in [0.4, 0.5) is 4.39 Å². The highest BCUT2D eigenvalue weighted by Gasteiger charge is 2.48. The Balaban J connectivity index is 1.79. The number of aliphatic imine (C=N–C) groups is 1. The number of halogens is 1. The summed E-state index contributed by atoms with van der Waals surface area (Å²) in [4.78, 5) is 24.1. The molecule has 0 aliphatic carbocycles. The van der Waals surface area contributed by atoms with Crippen LogP contribution in [0.25, 0.3) is 11.1 Å². The number of hydrogen-bond acceptors (Lipinski definition) is 4. The van der Waals surface area contributed by atoms with Crippen molar-refractivity contribution in [1.82, 2.24) is 9.88 Å². The predicted octanol–water partition coefficient (Wildman–Crippen LogP) is 4.59. The highest BCUT2D eigenvalue weighted by atomic mass is 19.1. The van der Waals surface area contributed by atoms with Gasteiger partial charge in [0, 0.05) is 24.8 Å². The molecule has 0 unspecified atom stereocenters. The first kappa shape index (κ1) is 20.5. The molecule has 0 saturated carbocycles. The van der Waals surface area contributed by atoms with E-state index in [0.29, 0.717) is 30.8 Å². The quantitative estimate of drug-likeness (QED) is 0.726.